The topological polar surface area (TPSA) is 84.5 Å². The number of hydrogen-bond acceptors (Lipinski definition) is 5. The molecule has 0 aromatic carbocycles. The van der Waals surface area contributed by atoms with Gasteiger partial charge in [0.05, 0.1) is 19.0 Å². The largest absolute Gasteiger partial charge is 0.444 e. The highest BCUT2D eigenvalue weighted by Gasteiger charge is 2.30. The summed E-state index contributed by atoms with van der Waals surface area (Å²) in [6, 6.07) is 0. The lowest BCUT2D eigenvalue weighted by molar-refractivity contribution is -0.133. The number of hydrogen-bond donors (Lipinski definition) is 2. The number of nitrogens with one attached hydrogen (secondary N) is 2. The molecule has 1 rings (SSSR count). The molecule has 1 saturated heterocycles. The molecular formula is C11H18N2O4. The quantitative estimate of drug-likeness (QED) is 0.659. The first-order chi connectivity index (χ1) is 7.79. The number of rotatable bonds is 2. The normalized spacial score (nSPS) is 18.1. The van der Waals surface area contributed by atoms with Crippen LogP contribution in [0.5, 0.6) is 0 Å². The Morgan fingerprint density at radius 1 is 1.35 bits per heavy atom. The zero-order chi connectivity index (χ0) is 13.1. The smallest absolute Gasteiger partial charge is 0.407 e. The van der Waals surface area contributed by atoms with Crippen molar-refractivity contribution in [2.24, 2.45) is 5.92 Å². The van der Waals surface area contributed by atoms with Crippen molar-refractivity contribution >= 4 is 17.7 Å². The highest BCUT2D eigenvalue weighted by molar-refractivity contribution is 6.06. The minimum atomic E-state index is -0.747. The third-order valence-corrected chi connectivity index (χ3v) is 2.23. The summed E-state index contributed by atoms with van der Waals surface area (Å²) in [5.41, 5.74) is -0.591. The van der Waals surface area contributed by atoms with E-state index in [9.17, 15) is 14.4 Å². The lowest BCUT2D eigenvalue weighted by Gasteiger charge is -2.23. The van der Waals surface area contributed by atoms with Crippen molar-refractivity contribution in [2.45, 2.75) is 26.4 Å². The summed E-state index contributed by atoms with van der Waals surface area (Å²) in [4.78, 5) is 34.2. The van der Waals surface area contributed by atoms with E-state index in [4.69, 9.17) is 4.74 Å². The van der Waals surface area contributed by atoms with E-state index < -0.39 is 17.6 Å². The SMILES string of the molecule is CC(C)(C)OC(=O)NCC1C(=O)CNCC1=O. The number of alkyl carbamates (subject to hydrolysis) is 1. The third-order valence-electron chi connectivity index (χ3n) is 2.23. The standard InChI is InChI=1S/C11H18N2O4/c1-11(2,3)17-10(16)13-4-7-8(14)5-12-6-9(7)15/h7,12H,4-6H2,1-3H3,(H,13,16). The van der Waals surface area contributed by atoms with E-state index in [2.05, 4.69) is 10.6 Å². The van der Waals surface area contributed by atoms with Crippen LogP contribution in [0.15, 0.2) is 0 Å². The van der Waals surface area contributed by atoms with Crippen molar-refractivity contribution in [1.82, 2.24) is 10.6 Å². The highest BCUT2D eigenvalue weighted by atomic mass is 16.6. The van der Waals surface area contributed by atoms with E-state index in [0.717, 1.165) is 0 Å². The maximum atomic E-state index is 11.4. The Kier molecular flexibility index (Phi) is 4.22. The number of Topliss-reactive ketones (excluding diaryl/α,β-unsaturated/α-hetero) is 2. The number of carbonyl (C=O) groups is 3. The predicted molar refractivity (Wildman–Crippen MR) is 60.6 cm³/mol. The number of piperidine rings is 1. The first-order valence-corrected chi connectivity index (χ1v) is 5.52. The van der Waals surface area contributed by atoms with Crippen molar-refractivity contribution in [3.63, 3.8) is 0 Å². The summed E-state index contributed by atoms with van der Waals surface area (Å²) in [5, 5.41) is 5.14. The molecule has 1 fully saturated rings. The molecule has 0 aromatic heterocycles. The second kappa shape index (κ2) is 5.27. The Hall–Kier alpha value is -1.43. The predicted octanol–water partition coefficient (Wildman–Crippen LogP) is -0.131. The fourth-order valence-corrected chi connectivity index (χ4v) is 1.46. The van der Waals surface area contributed by atoms with Gasteiger partial charge in [0, 0.05) is 6.54 Å². The van der Waals surface area contributed by atoms with Gasteiger partial charge in [-0.05, 0) is 20.8 Å². The molecule has 1 amide bonds. The Morgan fingerprint density at radius 2 is 1.88 bits per heavy atom. The monoisotopic (exact) mass is 242 g/mol. The van der Waals surface area contributed by atoms with Gasteiger partial charge < -0.3 is 15.4 Å². The van der Waals surface area contributed by atoms with Gasteiger partial charge in [0.2, 0.25) is 0 Å². The van der Waals surface area contributed by atoms with Crippen LogP contribution in [0.25, 0.3) is 0 Å². The van der Waals surface area contributed by atoms with Gasteiger partial charge in [-0.3, -0.25) is 9.59 Å². The van der Waals surface area contributed by atoms with E-state index in [1.807, 2.05) is 0 Å². The van der Waals surface area contributed by atoms with Crippen LogP contribution in [-0.4, -0.2) is 42.9 Å². The van der Waals surface area contributed by atoms with Crippen LogP contribution in [0.1, 0.15) is 20.8 Å². The minimum absolute atomic E-state index is 0.00819. The van der Waals surface area contributed by atoms with Gasteiger partial charge in [-0.2, -0.15) is 0 Å². The zero-order valence-corrected chi connectivity index (χ0v) is 10.3. The van der Waals surface area contributed by atoms with Gasteiger partial charge >= 0.3 is 6.09 Å². The molecule has 6 nitrogen and oxygen atoms in total. The molecule has 6 heteroatoms. The Bertz CT molecular complexity index is 317. The molecule has 0 aliphatic carbocycles. The summed E-state index contributed by atoms with van der Waals surface area (Å²) < 4.78 is 5.01. The van der Waals surface area contributed by atoms with Crippen LogP contribution in [0.4, 0.5) is 4.79 Å². The van der Waals surface area contributed by atoms with Gasteiger partial charge in [-0.1, -0.05) is 0 Å². The summed E-state index contributed by atoms with van der Waals surface area (Å²) in [7, 11) is 0. The molecule has 17 heavy (non-hydrogen) atoms. The average molecular weight is 242 g/mol. The molecule has 0 saturated carbocycles. The fraction of sp³-hybridized carbons (Fsp3) is 0.727. The molecule has 0 atom stereocenters. The number of carbonyl (C=O) groups excluding carboxylic acids is 3. The first-order valence-electron chi connectivity index (χ1n) is 5.52. The number of amides is 1. The molecule has 0 bridgehead atoms. The van der Waals surface area contributed by atoms with Crippen LogP contribution >= 0.6 is 0 Å². The molecule has 1 aliphatic rings. The molecule has 1 heterocycles. The second-order valence-electron chi connectivity index (χ2n) is 4.97. The zero-order valence-electron chi connectivity index (χ0n) is 10.3. The van der Waals surface area contributed by atoms with E-state index in [-0.39, 0.29) is 31.2 Å². The Morgan fingerprint density at radius 3 is 2.35 bits per heavy atom. The van der Waals surface area contributed by atoms with Gasteiger partial charge in [0.15, 0.2) is 11.6 Å². The van der Waals surface area contributed by atoms with Crippen LogP contribution in [0.3, 0.4) is 0 Å². The summed E-state index contributed by atoms with van der Waals surface area (Å²) >= 11 is 0. The summed E-state index contributed by atoms with van der Waals surface area (Å²) in [6.45, 7) is 5.58. The third kappa shape index (κ3) is 4.52. The fourth-order valence-electron chi connectivity index (χ4n) is 1.46. The van der Waals surface area contributed by atoms with E-state index in [0.29, 0.717) is 0 Å². The molecule has 0 aromatic rings. The van der Waals surface area contributed by atoms with Gasteiger partial charge in [0.1, 0.15) is 5.60 Å². The van der Waals surface area contributed by atoms with E-state index in [1.54, 1.807) is 20.8 Å². The molecule has 0 spiro atoms. The molecule has 0 unspecified atom stereocenters. The Labute approximate surface area is 100 Å². The molecular weight excluding hydrogens is 224 g/mol. The summed E-state index contributed by atoms with van der Waals surface area (Å²) in [5.74, 6) is -1.14. The average Bonchev–Trinajstić information content (AvgIpc) is 2.14. The van der Waals surface area contributed by atoms with Crippen LogP contribution in [0.2, 0.25) is 0 Å². The van der Waals surface area contributed by atoms with Gasteiger partial charge in [-0.25, -0.2) is 4.79 Å². The maximum Gasteiger partial charge on any atom is 0.407 e. The highest BCUT2D eigenvalue weighted by Crippen LogP contribution is 2.07. The van der Waals surface area contributed by atoms with Gasteiger partial charge in [-0.15, -0.1) is 0 Å². The summed E-state index contributed by atoms with van der Waals surface area (Å²) in [6.07, 6.45) is -0.614. The minimum Gasteiger partial charge on any atom is -0.444 e. The maximum absolute atomic E-state index is 11.4. The van der Waals surface area contributed by atoms with Crippen LogP contribution < -0.4 is 10.6 Å². The number of ether oxygens (including phenoxy) is 1. The van der Waals surface area contributed by atoms with Crippen LogP contribution in [0, 0.1) is 5.92 Å². The first kappa shape index (κ1) is 13.6. The van der Waals surface area contributed by atoms with E-state index in [1.165, 1.54) is 0 Å². The second-order valence-corrected chi connectivity index (χ2v) is 4.97. The lowest BCUT2D eigenvalue weighted by Crippen LogP contribution is -2.49. The van der Waals surface area contributed by atoms with E-state index >= 15 is 0 Å². The number of ketones is 2. The van der Waals surface area contributed by atoms with Crippen molar-refractivity contribution in [3.05, 3.63) is 0 Å². The molecule has 96 valence electrons. The molecule has 1 aliphatic heterocycles. The van der Waals surface area contributed by atoms with Crippen molar-refractivity contribution in [2.75, 3.05) is 19.6 Å². The molecule has 0 radical (unpaired) electrons. The van der Waals surface area contributed by atoms with Crippen molar-refractivity contribution in [3.8, 4) is 0 Å². The van der Waals surface area contributed by atoms with Crippen molar-refractivity contribution < 1.29 is 19.1 Å². The lowest BCUT2D eigenvalue weighted by atomic mass is 9.95. The molecule has 2 N–H and O–H groups in total. The van der Waals surface area contributed by atoms with Crippen molar-refractivity contribution in [1.29, 1.82) is 0 Å². The Balaban J connectivity index is 2.41. The van der Waals surface area contributed by atoms with Gasteiger partial charge in [0.25, 0.3) is 0 Å². The van der Waals surface area contributed by atoms with Crippen LogP contribution in [-0.2, 0) is 14.3 Å².